The fraction of sp³-hybridized carbons (Fsp3) is 0.367. The lowest BCUT2D eigenvalue weighted by atomic mass is 9.93. The minimum absolute atomic E-state index is 0.00782. The Balaban J connectivity index is 1.24. The number of fused-ring (bicyclic) bond motifs is 1. The van der Waals surface area contributed by atoms with Gasteiger partial charge in [-0.2, -0.15) is 0 Å². The first-order valence-electron chi connectivity index (χ1n) is 13.8. The van der Waals surface area contributed by atoms with E-state index < -0.39 is 11.7 Å². The molecular formula is C30H33FN8O2. The van der Waals surface area contributed by atoms with E-state index in [4.69, 9.17) is 0 Å². The molecule has 10 nitrogen and oxygen atoms in total. The minimum atomic E-state index is -0.653. The van der Waals surface area contributed by atoms with Crippen molar-refractivity contribution in [2.24, 2.45) is 5.92 Å². The minimum Gasteiger partial charge on any atom is -0.369 e. The number of benzene rings is 1. The van der Waals surface area contributed by atoms with E-state index in [0.29, 0.717) is 34.9 Å². The van der Waals surface area contributed by atoms with Crippen LogP contribution in [0.2, 0.25) is 0 Å². The van der Waals surface area contributed by atoms with Gasteiger partial charge in [0.05, 0.1) is 23.0 Å². The number of hydrogen-bond donors (Lipinski definition) is 2. The molecule has 4 aromatic rings. The molecule has 1 saturated heterocycles. The van der Waals surface area contributed by atoms with E-state index in [1.54, 1.807) is 25.4 Å². The van der Waals surface area contributed by atoms with Crippen molar-refractivity contribution in [2.45, 2.75) is 39.0 Å². The van der Waals surface area contributed by atoms with Crippen LogP contribution in [0.1, 0.15) is 54.4 Å². The second-order valence-corrected chi connectivity index (χ2v) is 10.4. The van der Waals surface area contributed by atoms with Crippen molar-refractivity contribution in [2.75, 3.05) is 32.0 Å². The number of nitrogens with zero attached hydrogens (tertiary/aromatic N) is 6. The van der Waals surface area contributed by atoms with Gasteiger partial charge in [0.2, 0.25) is 5.91 Å². The lowest BCUT2D eigenvalue weighted by Crippen LogP contribution is -2.37. The number of carbonyl (C=O) groups is 2. The molecule has 1 atom stereocenters. The third-order valence-corrected chi connectivity index (χ3v) is 7.66. The van der Waals surface area contributed by atoms with Gasteiger partial charge < -0.3 is 15.5 Å². The van der Waals surface area contributed by atoms with Crippen LogP contribution in [0, 0.1) is 11.7 Å². The SMILES string of the molecule is CNC(=O)c1c(F)cnc2c([C@H](C)CNc3cc(-c4cnc(CC5CCN(C(C)=O)CC5)nc4)ncn3)cccc12. The van der Waals surface area contributed by atoms with Crippen molar-refractivity contribution >= 4 is 28.5 Å². The van der Waals surface area contributed by atoms with E-state index in [1.807, 2.05) is 30.0 Å². The van der Waals surface area contributed by atoms with E-state index in [1.165, 1.54) is 13.4 Å². The first-order valence-corrected chi connectivity index (χ1v) is 13.8. The molecule has 1 fully saturated rings. The van der Waals surface area contributed by atoms with Gasteiger partial charge in [-0.1, -0.05) is 25.1 Å². The highest BCUT2D eigenvalue weighted by molar-refractivity contribution is 6.06. The largest absolute Gasteiger partial charge is 0.369 e. The van der Waals surface area contributed by atoms with Crippen LogP contribution in [0.5, 0.6) is 0 Å². The summed E-state index contributed by atoms with van der Waals surface area (Å²) in [7, 11) is 1.48. The number of amides is 2. The fourth-order valence-electron chi connectivity index (χ4n) is 5.26. The van der Waals surface area contributed by atoms with Gasteiger partial charge in [0, 0.05) is 75.4 Å². The van der Waals surface area contributed by atoms with Crippen LogP contribution in [-0.2, 0) is 11.2 Å². The Hall–Kier alpha value is -4.54. The number of likely N-dealkylation sites (tertiary alicyclic amines) is 1. The number of para-hydroxylation sites is 1. The second-order valence-electron chi connectivity index (χ2n) is 10.4. The smallest absolute Gasteiger partial charge is 0.254 e. The summed E-state index contributed by atoms with van der Waals surface area (Å²) in [4.78, 5) is 48.0. The summed E-state index contributed by atoms with van der Waals surface area (Å²) >= 11 is 0. The predicted octanol–water partition coefficient (Wildman–Crippen LogP) is 4.00. The summed E-state index contributed by atoms with van der Waals surface area (Å²) in [5.74, 6) is 0.889. The van der Waals surface area contributed by atoms with Crippen LogP contribution >= 0.6 is 0 Å². The molecule has 0 bridgehead atoms. The van der Waals surface area contributed by atoms with Gasteiger partial charge in [0.1, 0.15) is 18.0 Å². The molecule has 1 aromatic carbocycles. The van der Waals surface area contributed by atoms with Crippen LogP contribution in [-0.4, -0.2) is 68.3 Å². The molecule has 212 valence electrons. The number of hydrogen-bond acceptors (Lipinski definition) is 8. The van der Waals surface area contributed by atoms with Crippen LogP contribution in [0.4, 0.5) is 10.2 Å². The average Bonchev–Trinajstić information content (AvgIpc) is 3.00. The van der Waals surface area contributed by atoms with Gasteiger partial charge >= 0.3 is 0 Å². The second kappa shape index (κ2) is 12.3. The van der Waals surface area contributed by atoms with E-state index in [9.17, 15) is 14.0 Å². The molecule has 41 heavy (non-hydrogen) atoms. The van der Waals surface area contributed by atoms with Gasteiger partial charge in [-0.05, 0) is 24.3 Å². The van der Waals surface area contributed by atoms with Crippen molar-refractivity contribution in [3.05, 3.63) is 72.0 Å². The Morgan fingerprint density at radius 1 is 1.07 bits per heavy atom. The van der Waals surface area contributed by atoms with Crippen molar-refractivity contribution in [1.29, 1.82) is 0 Å². The topological polar surface area (TPSA) is 126 Å². The molecule has 11 heteroatoms. The summed E-state index contributed by atoms with van der Waals surface area (Å²) in [6.45, 7) is 5.76. The molecule has 5 rings (SSSR count). The van der Waals surface area contributed by atoms with E-state index in [-0.39, 0.29) is 17.4 Å². The van der Waals surface area contributed by atoms with Gasteiger partial charge in [0.15, 0.2) is 5.82 Å². The van der Waals surface area contributed by atoms with Gasteiger partial charge in [-0.3, -0.25) is 14.6 Å². The number of carbonyl (C=O) groups excluding carboxylic acids is 2. The third-order valence-electron chi connectivity index (χ3n) is 7.66. The molecule has 2 amide bonds. The van der Waals surface area contributed by atoms with Crippen molar-refractivity contribution < 1.29 is 14.0 Å². The zero-order chi connectivity index (χ0) is 28.9. The number of nitrogens with one attached hydrogen (secondary N) is 2. The number of halogens is 1. The van der Waals surface area contributed by atoms with E-state index in [0.717, 1.165) is 55.5 Å². The van der Waals surface area contributed by atoms with Crippen LogP contribution in [0.15, 0.2) is 49.2 Å². The molecule has 4 heterocycles. The maximum atomic E-state index is 14.4. The Morgan fingerprint density at radius 3 is 2.54 bits per heavy atom. The van der Waals surface area contributed by atoms with Crippen LogP contribution < -0.4 is 10.6 Å². The summed E-state index contributed by atoms with van der Waals surface area (Å²) in [5.41, 5.74) is 2.97. The van der Waals surface area contributed by atoms with E-state index in [2.05, 4.69) is 35.6 Å². The highest BCUT2D eigenvalue weighted by atomic mass is 19.1. The Morgan fingerprint density at radius 2 is 1.83 bits per heavy atom. The first-order chi connectivity index (χ1) is 19.8. The van der Waals surface area contributed by atoms with Crippen molar-refractivity contribution in [3.8, 4) is 11.3 Å². The Kier molecular flexibility index (Phi) is 8.42. The summed E-state index contributed by atoms with van der Waals surface area (Å²) in [5, 5.41) is 6.33. The normalized spacial score (nSPS) is 14.6. The summed E-state index contributed by atoms with van der Waals surface area (Å²) in [6.07, 6.45) is 8.88. The highest BCUT2D eigenvalue weighted by Crippen LogP contribution is 2.28. The zero-order valence-corrected chi connectivity index (χ0v) is 23.4. The molecule has 0 saturated carbocycles. The van der Waals surface area contributed by atoms with Gasteiger partial charge in [-0.25, -0.2) is 24.3 Å². The molecule has 3 aromatic heterocycles. The summed E-state index contributed by atoms with van der Waals surface area (Å²) < 4.78 is 14.4. The molecular weight excluding hydrogens is 523 g/mol. The highest BCUT2D eigenvalue weighted by Gasteiger charge is 2.22. The first kappa shape index (κ1) is 28.0. The van der Waals surface area contributed by atoms with Crippen LogP contribution in [0.25, 0.3) is 22.2 Å². The molecule has 0 unspecified atom stereocenters. The molecule has 0 radical (unpaired) electrons. The lowest BCUT2D eigenvalue weighted by molar-refractivity contribution is -0.130. The molecule has 1 aliphatic rings. The van der Waals surface area contributed by atoms with Crippen molar-refractivity contribution in [3.63, 3.8) is 0 Å². The van der Waals surface area contributed by atoms with Crippen LogP contribution in [0.3, 0.4) is 0 Å². The molecule has 2 N–H and O–H groups in total. The summed E-state index contributed by atoms with van der Waals surface area (Å²) in [6, 6.07) is 7.30. The maximum Gasteiger partial charge on any atom is 0.254 e. The number of pyridine rings is 1. The molecule has 0 aliphatic carbocycles. The fourth-order valence-corrected chi connectivity index (χ4v) is 5.26. The Bertz CT molecular complexity index is 1550. The lowest BCUT2D eigenvalue weighted by Gasteiger charge is -2.30. The van der Waals surface area contributed by atoms with Crippen molar-refractivity contribution in [1.82, 2.24) is 35.1 Å². The maximum absolute atomic E-state index is 14.4. The zero-order valence-electron chi connectivity index (χ0n) is 23.4. The van der Waals surface area contributed by atoms with Gasteiger partial charge in [-0.15, -0.1) is 0 Å². The number of piperidine rings is 1. The number of rotatable bonds is 8. The number of anilines is 1. The monoisotopic (exact) mass is 556 g/mol. The van der Waals surface area contributed by atoms with Gasteiger partial charge in [0.25, 0.3) is 5.91 Å². The van der Waals surface area contributed by atoms with E-state index >= 15 is 0 Å². The standard InChI is InChI=1S/C30H33FN8O2/c1-18(22-5-4-6-23-28(30(41)32-3)24(31)16-36-29(22)23)13-33-27-12-25(37-17-38-27)21-14-34-26(35-15-21)11-20-7-9-39(10-8-20)19(2)40/h4-6,12,14-18,20H,7-11,13H2,1-3H3,(H,32,41)(H,33,37,38)/t18-/m1/s1. The third kappa shape index (κ3) is 6.29. The Labute approximate surface area is 237 Å². The quantitative estimate of drug-likeness (QED) is 0.334. The number of aromatic nitrogens is 5. The molecule has 0 spiro atoms. The average molecular weight is 557 g/mol. The predicted molar refractivity (Wildman–Crippen MR) is 154 cm³/mol. The molecule has 1 aliphatic heterocycles.